The van der Waals surface area contributed by atoms with Crippen molar-refractivity contribution in [2.75, 3.05) is 0 Å². The predicted molar refractivity (Wildman–Crippen MR) is 26.1 cm³/mol. The summed E-state index contributed by atoms with van der Waals surface area (Å²) in [6, 6.07) is 0. The molecule has 9 nitrogen and oxygen atoms in total. The molecule has 0 aliphatic heterocycles. The largest absolute Gasteiger partial charge is 1.00 e. The Bertz CT molecular complexity index is 218. The first-order valence-electron chi connectivity index (χ1n) is 2.15. The molecule has 17 heteroatoms. The fourth-order valence-corrected chi connectivity index (χ4v) is 0. The molecular formula is F3LiO9P3V-5. The normalized spacial score (nSPS) is 10.4. The van der Waals surface area contributed by atoms with Crippen molar-refractivity contribution < 1.29 is 93.1 Å². The molecule has 0 aromatic carbocycles. The van der Waals surface area contributed by atoms with Gasteiger partial charge in [-0.2, -0.15) is 0 Å². The van der Waals surface area contributed by atoms with Crippen LogP contribution in [0.25, 0.3) is 0 Å². The predicted octanol–water partition coefficient (Wildman–Crippen LogP) is -6.64. The number of hydrogen-bond acceptors (Lipinski definition) is 9. The van der Waals surface area contributed by atoms with Crippen LogP contribution in [0.2, 0.25) is 0 Å². The maximum absolute atomic E-state index is 10.1. The summed E-state index contributed by atoms with van der Waals surface area (Å²) in [6.07, 6.45) is 0. The van der Waals surface area contributed by atoms with Gasteiger partial charge < -0.3 is 43.1 Å². The summed E-state index contributed by atoms with van der Waals surface area (Å²) in [5.41, 5.74) is 0. The molecule has 0 aliphatic carbocycles. The second-order valence-corrected chi connectivity index (χ2v) is 3.88. The van der Waals surface area contributed by atoms with Gasteiger partial charge in [-0.1, -0.05) is 0 Å². The molecule has 0 amide bonds. The summed E-state index contributed by atoms with van der Waals surface area (Å²) in [7, 11) is -16.9. The van der Waals surface area contributed by atoms with E-state index in [1.165, 1.54) is 0 Å². The van der Waals surface area contributed by atoms with E-state index in [0.717, 1.165) is 0 Å². The average molecular weight is 352 g/mol. The van der Waals surface area contributed by atoms with Crippen molar-refractivity contribution in [1.82, 2.24) is 0 Å². The van der Waals surface area contributed by atoms with Crippen LogP contribution in [-0.4, -0.2) is 0 Å². The fourth-order valence-electron chi connectivity index (χ4n) is 0. The van der Waals surface area contributed by atoms with Gasteiger partial charge in [0, 0.05) is 18.6 Å². The Morgan fingerprint density at radius 3 is 0.588 bits per heavy atom. The van der Waals surface area contributed by atoms with Gasteiger partial charge in [-0.15, -0.1) is 0 Å². The van der Waals surface area contributed by atoms with Gasteiger partial charge in [-0.3, -0.25) is 0 Å². The minimum atomic E-state index is -5.64. The van der Waals surface area contributed by atoms with E-state index in [1.807, 2.05) is 0 Å². The minimum Gasteiger partial charge on any atom is -0.786 e. The van der Waals surface area contributed by atoms with Gasteiger partial charge in [-0.05, 0) is 0 Å². The molecule has 0 aromatic heterocycles. The monoisotopic (exact) mass is 352 g/mol. The standard InChI is InChI=1S/3FH2O3P.Li.V/c3*1-5(2,3)4;;/h3*(H2,2,3,4);;/q;;;+1;/p-6. The zero-order chi connectivity index (χ0) is 13.5. The van der Waals surface area contributed by atoms with E-state index < -0.39 is 23.7 Å². The molecule has 0 saturated carbocycles. The van der Waals surface area contributed by atoms with Gasteiger partial charge >= 0.3 is 18.9 Å². The summed E-state index contributed by atoms with van der Waals surface area (Å²) in [4.78, 5) is 50.6. The van der Waals surface area contributed by atoms with Gasteiger partial charge in [0.05, 0.1) is 0 Å². The van der Waals surface area contributed by atoms with Crippen LogP contribution >= 0.6 is 23.7 Å². The zero-order valence-corrected chi connectivity index (χ0v) is 11.7. The Labute approximate surface area is 117 Å². The maximum atomic E-state index is 10.1. The van der Waals surface area contributed by atoms with Crippen molar-refractivity contribution in [2.24, 2.45) is 0 Å². The second-order valence-electron chi connectivity index (χ2n) is 1.29. The molecule has 0 aromatic rings. The molecular weight excluding hydrogens is 352 g/mol. The van der Waals surface area contributed by atoms with Crippen LogP contribution in [0.15, 0.2) is 0 Å². The Morgan fingerprint density at radius 1 is 0.588 bits per heavy atom. The Kier molecular flexibility index (Phi) is 22.7. The zero-order valence-electron chi connectivity index (χ0n) is 7.60. The van der Waals surface area contributed by atoms with Crippen molar-refractivity contribution in [3.8, 4) is 0 Å². The van der Waals surface area contributed by atoms with E-state index in [4.69, 9.17) is 43.1 Å². The van der Waals surface area contributed by atoms with Crippen LogP contribution in [0, 0.1) is 0 Å². The van der Waals surface area contributed by atoms with Crippen LogP contribution in [0.3, 0.4) is 0 Å². The van der Waals surface area contributed by atoms with Gasteiger partial charge in [0.25, 0.3) is 0 Å². The minimum absolute atomic E-state index is 0. The van der Waals surface area contributed by atoms with E-state index in [1.54, 1.807) is 0 Å². The third-order valence-corrected chi connectivity index (χ3v) is 0. The Morgan fingerprint density at radius 2 is 0.588 bits per heavy atom. The number of hydrogen-bond donors (Lipinski definition) is 0. The molecule has 0 N–H and O–H groups in total. The first-order chi connectivity index (χ1) is 6.00. The molecule has 0 heterocycles. The van der Waals surface area contributed by atoms with Gasteiger partial charge in [0.1, 0.15) is 23.7 Å². The van der Waals surface area contributed by atoms with E-state index in [-0.39, 0.29) is 37.4 Å². The summed E-state index contributed by atoms with van der Waals surface area (Å²) in [6.45, 7) is 0. The molecule has 1 radical (unpaired) electrons. The van der Waals surface area contributed by atoms with Crippen LogP contribution < -0.4 is 48.2 Å². The van der Waals surface area contributed by atoms with Crippen molar-refractivity contribution in [3.63, 3.8) is 0 Å². The van der Waals surface area contributed by atoms with E-state index >= 15 is 0 Å². The first-order valence-corrected chi connectivity index (χ1v) is 6.45. The molecule has 0 saturated heterocycles. The van der Waals surface area contributed by atoms with Crippen molar-refractivity contribution >= 4 is 23.7 Å². The molecule has 0 aliphatic rings. The molecule has 0 unspecified atom stereocenters. The van der Waals surface area contributed by atoms with Gasteiger partial charge in [0.15, 0.2) is 0 Å². The molecule has 101 valence electrons. The quantitative estimate of drug-likeness (QED) is 0.301. The average Bonchev–Trinajstić information content (AvgIpc) is 1.41. The molecule has 0 spiro atoms. The second kappa shape index (κ2) is 12.5. The van der Waals surface area contributed by atoms with Crippen LogP contribution in [0.4, 0.5) is 12.6 Å². The maximum Gasteiger partial charge on any atom is 1.00 e. The van der Waals surface area contributed by atoms with Crippen LogP contribution in [-0.2, 0) is 32.3 Å². The van der Waals surface area contributed by atoms with Crippen LogP contribution in [0.1, 0.15) is 0 Å². The van der Waals surface area contributed by atoms with Gasteiger partial charge in [-0.25, -0.2) is 12.6 Å². The molecule has 0 rings (SSSR count). The molecule has 0 atom stereocenters. The SMILES string of the molecule is O=P([O-])([O-])F.O=P([O-])([O-])F.O=P([O-])([O-])F.[Li+].[V]. The fraction of sp³-hybridized carbons (Fsp3) is 0. The molecule has 0 fully saturated rings. The smallest absolute Gasteiger partial charge is 0.786 e. The summed E-state index contributed by atoms with van der Waals surface area (Å²) >= 11 is 0. The summed E-state index contributed by atoms with van der Waals surface area (Å²) in [5, 5.41) is 0. The van der Waals surface area contributed by atoms with E-state index in [2.05, 4.69) is 0 Å². The van der Waals surface area contributed by atoms with Gasteiger partial charge in [0.2, 0.25) is 0 Å². The molecule has 0 bridgehead atoms. The van der Waals surface area contributed by atoms with Crippen molar-refractivity contribution in [2.45, 2.75) is 0 Å². The van der Waals surface area contributed by atoms with Crippen molar-refractivity contribution in [3.05, 3.63) is 0 Å². The topological polar surface area (TPSA) is 190 Å². The van der Waals surface area contributed by atoms with Crippen molar-refractivity contribution in [1.29, 1.82) is 0 Å². The third-order valence-electron chi connectivity index (χ3n) is 0. The summed E-state index contributed by atoms with van der Waals surface area (Å²) in [5.74, 6) is 0. The van der Waals surface area contributed by atoms with E-state index in [9.17, 15) is 12.6 Å². The van der Waals surface area contributed by atoms with Crippen LogP contribution in [0.5, 0.6) is 0 Å². The Balaban J connectivity index is -0.0000000400. The molecule has 17 heavy (non-hydrogen) atoms. The number of rotatable bonds is 0. The van der Waals surface area contributed by atoms with E-state index in [0.29, 0.717) is 0 Å². The Hall–Kier alpha value is 1.42. The number of halogens is 3. The third kappa shape index (κ3) is 2050. The first kappa shape index (κ1) is 31.0. The summed E-state index contributed by atoms with van der Waals surface area (Å²) < 4.78 is 55.7.